The quantitative estimate of drug-likeness (QED) is 0.741. The van der Waals surface area contributed by atoms with Crippen molar-refractivity contribution in [3.05, 3.63) is 37.9 Å². The van der Waals surface area contributed by atoms with E-state index in [1.807, 2.05) is 0 Å². The minimum Gasteiger partial charge on any atom is -0.352 e. The van der Waals surface area contributed by atoms with Crippen molar-refractivity contribution < 1.29 is 4.79 Å². The molecule has 1 amide bonds. The molecule has 2 aromatic rings. The summed E-state index contributed by atoms with van der Waals surface area (Å²) in [5.41, 5.74) is 2.53. The zero-order valence-corrected chi connectivity index (χ0v) is 16.3. The second-order valence-electron chi connectivity index (χ2n) is 8.01. The lowest BCUT2D eigenvalue weighted by atomic mass is 9.72. The summed E-state index contributed by atoms with van der Waals surface area (Å²) >= 11 is 3.54. The number of hydrogen-bond acceptors (Lipinski definition) is 4. The lowest BCUT2D eigenvalue weighted by molar-refractivity contribution is 0.0935. The zero-order valence-electron chi connectivity index (χ0n) is 14.7. The number of aryl methyl sites for hydroxylation is 1. The van der Waals surface area contributed by atoms with Gasteiger partial charge in [0, 0.05) is 14.6 Å². The predicted octanol–water partition coefficient (Wildman–Crippen LogP) is 5.12. The third kappa shape index (κ3) is 2.68. The van der Waals surface area contributed by atoms with Gasteiger partial charge in [0.1, 0.15) is 11.2 Å². The van der Waals surface area contributed by atoms with E-state index in [9.17, 15) is 4.79 Å². The van der Waals surface area contributed by atoms with Crippen molar-refractivity contribution >= 4 is 33.6 Å². The van der Waals surface area contributed by atoms with E-state index in [4.69, 9.17) is 0 Å². The van der Waals surface area contributed by atoms with Gasteiger partial charge >= 0.3 is 0 Å². The van der Waals surface area contributed by atoms with Gasteiger partial charge in [-0.1, -0.05) is 20.8 Å². The first-order valence-electron chi connectivity index (χ1n) is 8.61. The molecule has 4 rings (SSSR count). The molecule has 0 aromatic carbocycles. The lowest BCUT2D eigenvalue weighted by Crippen LogP contribution is -2.38. The van der Waals surface area contributed by atoms with Crippen molar-refractivity contribution in [2.24, 2.45) is 11.3 Å². The van der Waals surface area contributed by atoms with Crippen molar-refractivity contribution in [1.82, 2.24) is 5.32 Å². The summed E-state index contributed by atoms with van der Waals surface area (Å²) in [6, 6.07) is 4.21. The Hall–Kier alpha value is -1.33. The van der Waals surface area contributed by atoms with Crippen molar-refractivity contribution in [3.63, 3.8) is 0 Å². The van der Waals surface area contributed by atoms with Crippen LogP contribution in [0.1, 0.15) is 63.9 Å². The fraction of sp³-hybridized carbons (Fsp3) is 0.526. The van der Waals surface area contributed by atoms with Gasteiger partial charge in [0.2, 0.25) is 0 Å². The molecule has 128 valence electrons. The van der Waals surface area contributed by atoms with E-state index in [0.717, 1.165) is 23.4 Å². The van der Waals surface area contributed by atoms with Crippen LogP contribution in [0.15, 0.2) is 12.1 Å². The zero-order chi connectivity index (χ0) is 17.1. The third-order valence-corrected chi connectivity index (χ3v) is 7.56. The van der Waals surface area contributed by atoms with Crippen LogP contribution in [0.2, 0.25) is 0 Å². The van der Waals surface area contributed by atoms with Crippen molar-refractivity contribution in [2.45, 2.75) is 53.1 Å². The third-order valence-electron chi connectivity index (χ3n) is 5.31. The maximum absolute atomic E-state index is 12.7. The first-order chi connectivity index (χ1) is 11.3. The molecule has 0 radical (unpaired) electrons. The Morgan fingerprint density at radius 1 is 1.17 bits per heavy atom. The number of amides is 1. The summed E-state index contributed by atoms with van der Waals surface area (Å²) in [4.78, 5) is 16.6. The van der Waals surface area contributed by atoms with Gasteiger partial charge in [-0.25, -0.2) is 0 Å². The molecule has 2 aromatic heterocycles. The molecule has 2 N–H and O–H groups in total. The largest absolute Gasteiger partial charge is 0.352 e. The van der Waals surface area contributed by atoms with Gasteiger partial charge in [-0.2, -0.15) is 0 Å². The van der Waals surface area contributed by atoms with Crippen LogP contribution in [-0.4, -0.2) is 5.91 Å². The number of thiophene rings is 2. The van der Waals surface area contributed by atoms with Gasteiger partial charge in [0.25, 0.3) is 5.91 Å². The van der Waals surface area contributed by atoms with E-state index in [2.05, 4.69) is 50.5 Å². The Balaban J connectivity index is 1.65. The summed E-state index contributed by atoms with van der Waals surface area (Å²) in [6.45, 7) is 9.09. The van der Waals surface area contributed by atoms with Gasteiger partial charge in [-0.15, -0.1) is 22.7 Å². The van der Waals surface area contributed by atoms with Crippen LogP contribution in [0.3, 0.4) is 0 Å². The Morgan fingerprint density at radius 2 is 1.96 bits per heavy atom. The molecule has 3 nitrogen and oxygen atoms in total. The van der Waals surface area contributed by atoms with Crippen LogP contribution in [-0.2, 0) is 12.8 Å². The molecule has 24 heavy (non-hydrogen) atoms. The molecule has 2 aliphatic rings. The SMILES string of the molecule is Cc1ccc([C@@H]2NC(=O)c3c(sc4c3CC[C@@H](C(C)(C)C)C4)N2)s1. The highest BCUT2D eigenvalue weighted by atomic mass is 32.1. The van der Waals surface area contributed by atoms with Gasteiger partial charge in [-0.05, 0) is 55.2 Å². The highest BCUT2D eigenvalue weighted by molar-refractivity contribution is 7.17. The topological polar surface area (TPSA) is 41.1 Å². The molecule has 0 saturated heterocycles. The van der Waals surface area contributed by atoms with Crippen molar-refractivity contribution in [1.29, 1.82) is 0 Å². The van der Waals surface area contributed by atoms with Crippen LogP contribution in [0.25, 0.3) is 0 Å². The molecular formula is C19H24N2OS2. The van der Waals surface area contributed by atoms with E-state index >= 15 is 0 Å². The Labute approximate surface area is 151 Å². The van der Waals surface area contributed by atoms with Crippen molar-refractivity contribution in [2.75, 3.05) is 5.32 Å². The van der Waals surface area contributed by atoms with E-state index in [1.54, 1.807) is 22.7 Å². The summed E-state index contributed by atoms with van der Waals surface area (Å²) in [6.07, 6.45) is 3.22. The minimum atomic E-state index is -0.0952. The first-order valence-corrected chi connectivity index (χ1v) is 10.2. The van der Waals surface area contributed by atoms with Gasteiger partial charge < -0.3 is 10.6 Å². The van der Waals surface area contributed by atoms with Gasteiger partial charge in [0.15, 0.2) is 0 Å². The van der Waals surface area contributed by atoms with E-state index in [-0.39, 0.29) is 12.1 Å². The van der Waals surface area contributed by atoms with Gasteiger partial charge in [0.05, 0.1) is 5.56 Å². The van der Waals surface area contributed by atoms with E-state index in [0.29, 0.717) is 11.3 Å². The first kappa shape index (κ1) is 16.2. The number of carbonyl (C=O) groups is 1. The summed E-state index contributed by atoms with van der Waals surface area (Å²) < 4.78 is 0. The van der Waals surface area contributed by atoms with Crippen molar-refractivity contribution in [3.8, 4) is 0 Å². The average molecular weight is 361 g/mol. The van der Waals surface area contributed by atoms with Gasteiger partial charge in [-0.3, -0.25) is 4.79 Å². The maximum atomic E-state index is 12.7. The molecule has 0 fully saturated rings. The fourth-order valence-corrected chi connectivity index (χ4v) is 6.02. The Morgan fingerprint density at radius 3 is 2.62 bits per heavy atom. The monoisotopic (exact) mass is 360 g/mol. The Bertz CT molecular complexity index is 797. The number of nitrogens with one attached hydrogen (secondary N) is 2. The molecule has 3 heterocycles. The summed E-state index contributed by atoms with van der Waals surface area (Å²) in [5, 5.41) is 7.78. The predicted molar refractivity (Wildman–Crippen MR) is 102 cm³/mol. The van der Waals surface area contributed by atoms with E-state index < -0.39 is 0 Å². The molecule has 2 atom stereocenters. The number of carbonyl (C=O) groups excluding carboxylic acids is 1. The number of anilines is 1. The molecule has 0 saturated carbocycles. The highest BCUT2D eigenvalue weighted by Gasteiger charge is 2.36. The molecule has 0 bridgehead atoms. The number of fused-ring (bicyclic) bond motifs is 3. The highest BCUT2D eigenvalue weighted by Crippen LogP contribution is 2.46. The summed E-state index contributed by atoms with van der Waals surface area (Å²) in [5.74, 6) is 0.787. The normalized spacial score (nSPS) is 23.2. The fourth-order valence-electron chi connectivity index (χ4n) is 3.79. The maximum Gasteiger partial charge on any atom is 0.256 e. The van der Waals surface area contributed by atoms with Crippen LogP contribution < -0.4 is 10.6 Å². The minimum absolute atomic E-state index is 0.0894. The molecule has 5 heteroatoms. The lowest BCUT2D eigenvalue weighted by Gasteiger charge is -2.34. The average Bonchev–Trinajstić information content (AvgIpc) is 3.08. The van der Waals surface area contributed by atoms with Crippen LogP contribution in [0.5, 0.6) is 0 Å². The summed E-state index contributed by atoms with van der Waals surface area (Å²) in [7, 11) is 0. The second kappa shape index (κ2) is 5.60. The Kier molecular flexibility index (Phi) is 3.77. The smallest absolute Gasteiger partial charge is 0.256 e. The number of hydrogen-bond donors (Lipinski definition) is 2. The molecule has 0 unspecified atom stereocenters. The van der Waals surface area contributed by atoms with E-state index in [1.165, 1.54) is 26.6 Å². The van der Waals surface area contributed by atoms with Crippen LogP contribution >= 0.6 is 22.7 Å². The standard InChI is InChI=1S/C19H24N2OS2/c1-10-5-8-13(23-10)16-20-17(22)15-12-7-6-11(19(2,3)4)9-14(12)24-18(15)21-16/h5,8,11,16,21H,6-7,9H2,1-4H3,(H,20,22)/t11-,16-/m1/s1. The second-order valence-corrected chi connectivity index (χ2v) is 10.4. The molecule has 0 spiro atoms. The van der Waals surface area contributed by atoms with Crippen LogP contribution in [0.4, 0.5) is 5.00 Å². The molecule has 1 aliphatic carbocycles. The molecular weight excluding hydrogens is 336 g/mol. The molecule has 1 aliphatic heterocycles. The number of rotatable bonds is 1. The van der Waals surface area contributed by atoms with Crippen LogP contribution in [0, 0.1) is 18.3 Å².